The predicted molar refractivity (Wildman–Crippen MR) is 126 cm³/mol. The van der Waals surface area contributed by atoms with Crippen LogP contribution in [0.1, 0.15) is 53.6 Å². The number of benzene rings is 1. The van der Waals surface area contributed by atoms with Crippen LogP contribution in [0.4, 0.5) is 4.39 Å². The second kappa shape index (κ2) is 10.1. The Labute approximate surface area is 193 Å². The van der Waals surface area contributed by atoms with Gasteiger partial charge >= 0.3 is 0 Å². The summed E-state index contributed by atoms with van der Waals surface area (Å²) >= 11 is 0. The molecular weight excluding hydrogens is 417 g/mol. The van der Waals surface area contributed by atoms with E-state index in [1.165, 1.54) is 30.8 Å². The van der Waals surface area contributed by atoms with Gasteiger partial charge in [-0.1, -0.05) is 6.07 Å². The van der Waals surface area contributed by atoms with Gasteiger partial charge in [-0.3, -0.25) is 4.98 Å². The van der Waals surface area contributed by atoms with Gasteiger partial charge < -0.3 is 4.74 Å². The monoisotopic (exact) mass is 445 g/mol. The molecule has 1 atom stereocenters. The van der Waals surface area contributed by atoms with Gasteiger partial charge in [-0.05, 0) is 82.3 Å². The molecule has 1 aromatic carbocycles. The highest BCUT2D eigenvalue weighted by molar-refractivity contribution is 5.86. The molecule has 0 saturated carbocycles. The number of aromatic nitrogens is 5. The van der Waals surface area contributed by atoms with Gasteiger partial charge in [-0.25, -0.2) is 24.3 Å². The van der Waals surface area contributed by atoms with Crippen LogP contribution in [0.15, 0.2) is 42.9 Å². The van der Waals surface area contributed by atoms with Gasteiger partial charge in [-0.15, -0.1) is 0 Å². The molecule has 1 fully saturated rings. The summed E-state index contributed by atoms with van der Waals surface area (Å²) in [6, 6.07) is 9.22. The average Bonchev–Trinajstić information content (AvgIpc) is 2.81. The van der Waals surface area contributed by atoms with Crippen LogP contribution in [-0.4, -0.2) is 31.5 Å². The number of hydrogen-bond acceptors (Lipinski definition) is 6. The number of ether oxygens (including phenoxy) is 1. The van der Waals surface area contributed by atoms with Gasteiger partial charge in [0.15, 0.2) is 5.65 Å². The Morgan fingerprint density at radius 1 is 0.909 bits per heavy atom. The van der Waals surface area contributed by atoms with Crippen LogP contribution < -0.4 is 0 Å². The van der Waals surface area contributed by atoms with Crippen LogP contribution in [0.5, 0.6) is 0 Å². The fraction of sp³-hybridized carbons (Fsp3) is 0.346. The minimum absolute atomic E-state index is 0.315. The first-order chi connectivity index (χ1) is 15.9. The van der Waals surface area contributed by atoms with E-state index in [-0.39, 0.29) is 5.82 Å². The predicted octanol–water partition coefficient (Wildman–Crippen LogP) is 5.78. The quantitative estimate of drug-likeness (QED) is 0.389. The van der Waals surface area contributed by atoms with Crippen LogP contribution in [0, 0.1) is 33.5 Å². The van der Waals surface area contributed by atoms with Crippen molar-refractivity contribution in [3.05, 3.63) is 76.9 Å². The first-order valence-electron chi connectivity index (χ1n) is 11.2. The largest absolute Gasteiger partial charge is 0.374 e. The number of nitrogens with zero attached hydrogens (tertiary/aromatic N) is 5. The zero-order valence-electron chi connectivity index (χ0n) is 19.5. The van der Waals surface area contributed by atoms with Gasteiger partial charge in [0, 0.05) is 24.1 Å². The molecular formula is C26H28FN5O. The van der Waals surface area contributed by atoms with Gasteiger partial charge in [0.2, 0.25) is 0 Å². The zero-order chi connectivity index (χ0) is 23.4. The molecule has 4 aromatic rings. The molecule has 5 rings (SSSR count). The molecule has 1 aliphatic heterocycles. The van der Waals surface area contributed by atoms with Crippen molar-refractivity contribution in [1.29, 1.82) is 0 Å². The second-order valence-electron chi connectivity index (χ2n) is 8.36. The van der Waals surface area contributed by atoms with Crippen molar-refractivity contribution in [3.8, 4) is 11.3 Å². The summed E-state index contributed by atoms with van der Waals surface area (Å²) in [4.78, 5) is 21.3. The summed E-state index contributed by atoms with van der Waals surface area (Å²) in [6.45, 7) is 8.51. The van der Waals surface area contributed by atoms with Crippen LogP contribution >= 0.6 is 0 Å². The van der Waals surface area contributed by atoms with E-state index in [1.54, 1.807) is 6.07 Å². The van der Waals surface area contributed by atoms with Crippen LogP contribution in [-0.2, 0) is 4.74 Å². The van der Waals surface area contributed by atoms with Gasteiger partial charge in [0.05, 0.1) is 17.5 Å². The standard InChI is InChI=1S/C15H13FN4.C11H15NO/c1-8-4-5-11(12(16)6-8)13-14-15(18-7-17-13)20-10(3)9(2)19-14;1-9-8-10(5-6-12-9)11-4-2-3-7-13-11/h4-7H,1-3H3;5-6,8,11H,2-4,7H2,1H3. The summed E-state index contributed by atoms with van der Waals surface area (Å²) in [5.41, 5.74) is 6.73. The minimum atomic E-state index is -0.315. The Balaban J connectivity index is 0.000000172. The Kier molecular flexibility index (Phi) is 6.99. The number of rotatable bonds is 2. The highest BCUT2D eigenvalue weighted by Gasteiger charge is 2.16. The highest BCUT2D eigenvalue weighted by atomic mass is 19.1. The molecule has 170 valence electrons. The third-order valence-electron chi connectivity index (χ3n) is 5.73. The summed E-state index contributed by atoms with van der Waals surface area (Å²) in [5.74, 6) is -0.315. The molecule has 0 spiro atoms. The summed E-state index contributed by atoms with van der Waals surface area (Å²) in [5, 5.41) is 0. The lowest BCUT2D eigenvalue weighted by atomic mass is 10.0. The van der Waals surface area contributed by atoms with E-state index in [0.717, 1.165) is 35.7 Å². The topological polar surface area (TPSA) is 73.7 Å². The van der Waals surface area contributed by atoms with Crippen molar-refractivity contribution in [3.63, 3.8) is 0 Å². The van der Waals surface area contributed by atoms with E-state index in [1.807, 2.05) is 40.0 Å². The van der Waals surface area contributed by atoms with Crippen molar-refractivity contribution in [1.82, 2.24) is 24.9 Å². The van der Waals surface area contributed by atoms with Gasteiger partial charge in [0.1, 0.15) is 23.4 Å². The van der Waals surface area contributed by atoms with Crippen molar-refractivity contribution < 1.29 is 9.13 Å². The molecule has 0 amide bonds. The normalized spacial score (nSPS) is 15.7. The van der Waals surface area contributed by atoms with Crippen molar-refractivity contribution in [2.24, 2.45) is 0 Å². The Bertz CT molecular complexity index is 1270. The molecule has 0 aliphatic carbocycles. The molecule has 3 aromatic heterocycles. The lowest BCUT2D eigenvalue weighted by molar-refractivity contribution is 0.0149. The van der Waals surface area contributed by atoms with Crippen LogP contribution in [0.3, 0.4) is 0 Å². The maximum Gasteiger partial charge on any atom is 0.182 e. The third-order valence-corrected chi connectivity index (χ3v) is 5.73. The number of pyridine rings is 1. The van der Waals surface area contributed by atoms with Gasteiger partial charge in [-0.2, -0.15) is 0 Å². The van der Waals surface area contributed by atoms with Crippen molar-refractivity contribution >= 4 is 11.2 Å². The maximum atomic E-state index is 14.1. The van der Waals surface area contributed by atoms with Crippen molar-refractivity contribution in [2.75, 3.05) is 6.61 Å². The molecule has 0 N–H and O–H groups in total. The minimum Gasteiger partial charge on any atom is -0.374 e. The zero-order valence-corrected chi connectivity index (χ0v) is 19.5. The average molecular weight is 446 g/mol. The highest BCUT2D eigenvalue weighted by Crippen LogP contribution is 2.28. The lowest BCUT2D eigenvalue weighted by Crippen LogP contribution is -2.11. The molecule has 4 heterocycles. The summed E-state index contributed by atoms with van der Waals surface area (Å²) in [7, 11) is 0. The summed E-state index contributed by atoms with van der Waals surface area (Å²) in [6.07, 6.45) is 7.22. The molecule has 7 heteroatoms. The van der Waals surface area contributed by atoms with E-state index < -0.39 is 0 Å². The van der Waals surface area contributed by atoms with E-state index >= 15 is 0 Å². The smallest absolute Gasteiger partial charge is 0.182 e. The van der Waals surface area contributed by atoms with Crippen LogP contribution in [0.2, 0.25) is 0 Å². The first kappa shape index (κ1) is 22.9. The number of fused-ring (bicyclic) bond motifs is 1. The van der Waals surface area contributed by atoms with E-state index in [4.69, 9.17) is 4.74 Å². The SMILES string of the molecule is Cc1cc(C2CCCCO2)ccn1.Cc1ccc(-c2ncnc3nc(C)c(C)nc23)c(F)c1. The van der Waals surface area contributed by atoms with Crippen LogP contribution in [0.25, 0.3) is 22.4 Å². The molecule has 0 radical (unpaired) electrons. The summed E-state index contributed by atoms with van der Waals surface area (Å²) < 4.78 is 19.8. The molecule has 1 unspecified atom stereocenters. The maximum absolute atomic E-state index is 14.1. The fourth-order valence-electron chi connectivity index (χ4n) is 3.82. The van der Waals surface area contributed by atoms with E-state index in [9.17, 15) is 4.39 Å². The number of aryl methyl sites for hydroxylation is 4. The molecule has 0 bridgehead atoms. The lowest BCUT2D eigenvalue weighted by Gasteiger charge is -2.22. The second-order valence-corrected chi connectivity index (χ2v) is 8.36. The fourth-order valence-corrected chi connectivity index (χ4v) is 3.82. The van der Waals surface area contributed by atoms with E-state index in [2.05, 4.69) is 37.1 Å². The van der Waals surface area contributed by atoms with Crippen molar-refractivity contribution in [2.45, 2.75) is 53.1 Å². The first-order valence-corrected chi connectivity index (χ1v) is 11.2. The number of hydrogen-bond donors (Lipinski definition) is 0. The molecule has 6 nitrogen and oxygen atoms in total. The third kappa shape index (κ3) is 5.37. The Morgan fingerprint density at radius 3 is 2.45 bits per heavy atom. The Hall–Kier alpha value is -3.32. The molecule has 1 saturated heterocycles. The molecule has 33 heavy (non-hydrogen) atoms. The molecule has 1 aliphatic rings. The Morgan fingerprint density at radius 2 is 1.73 bits per heavy atom. The van der Waals surface area contributed by atoms with Gasteiger partial charge in [0.25, 0.3) is 0 Å². The number of halogens is 1. The van der Waals surface area contributed by atoms with E-state index in [0.29, 0.717) is 28.5 Å².